The van der Waals surface area contributed by atoms with Gasteiger partial charge < -0.3 is 15.2 Å². The van der Waals surface area contributed by atoms with Crippen molar-refractivity contribution in [1.29, 1.82) is 0 Å². The van der Waals surface area contributed by atoms with E-state index < -0.39 is 0 Å². The molecule has 1 heterocycles. The summed E-state index contributed by atoms with van der Waals surface area (Å²) in [6.07, 6.45) is 3.74. The van der Waals surface area contributed by atoms with Crippen LogP contribution < -0.4 is 10.5 Å². The van der Waals surface area contributed by atoms with Crippen LogP contribution in [0.1, 0.15) is 24.8 Å². The van der Waals surface area contributed by atoms with Crippen LogP contribution in [0.15, 0.2) is 24.3 Å². The van der Waals surface area contributed by atoms with Crippen molar-refractivity contribution in [2.45, 2.75) is 31.9 Å². The maximum absolute atomic E-state index is 5.67. The molecule has 1 atom stereocenters. The third-order valence-electron chi connectivity index (χ3n) is 2.87. The molecule has 0 saturated carbocycles. The third kappa shape index (κ3) is 3.22. The number of hydrogen-bond acceptors (Lipinski definition) is 3. The van der Waals surface area contributed by atoms with E-state index in [2.05, 4.69) is 0 Å². The topological polar surface area (TPSA) is 44.5 Å². The van der Waals surface area contributed by atoms with E-state index in [9.17, 15) is 0 Å². The first-order chi connectivity index (χ1) is 7.88. The number of rotatable bonds is 5. The van der Waals surface area contributed by atoms with Crippen LogP contribution in [0, 0.1) is 0 Å². The molecule has 1 aliphatic heterocycles. The maximum atomic E-state index is 5.67. The lowest BCUT2D eigenvalue weighted by Crippen LogP contribution is -2.10. The molecule has 0 aliphatic carbocycles. The summed E-state index contributed by atoms with van der Waals surface area (Å²) >= 11 is 0. The van der Waals surface area contributed by atoms with Gasteiger partial charge in [-0.3, -0.25) is 0 Å². The van der Waals surface area contributed by atoms with Gasteiger partial charge in [-0.15, -0.1) is 0 Å². The molecule has 1 aromatic carbocycles. The molecule has 1 aromatic rings. The van der Waals surface area contributed by atoms with E-state index in [1.54, 1.807) is 0 Å². The molecule has 3 heteroatoms. The molecular formula is C13H19NO2. The van der Waals surface area contributed by atoms with Gasteiger partial charge in [0.25, 0.3) is 0 Å². The van der Waals surface area contributed by atoms with Gasteiger partial charge in [-0.05, 0) is 30.5 Å². The molecule has 2 N–H and O–H groups in total. The SMILES string of the molecule is NCc1cccc(OCCC2CCCO2)c1. The Kier molecular flexibility index (Phi) is 4.19. The summed E-state index contributed by atoms with van der Waals surface area (Å²) in [5, 5.41) is 0. The number of ether oxygens (including phenoxy) is 2. The van der Waals surface area contributed by atoms with Crippen LogP contribution in [0.3, 0.4) is 0 Å². The van der Waals surface area contributed by atoms with E-state index in [0.29, 0.717) is 12.6 Å². The molecule has 1 aliphatic rings. The summed E-state index contributed by atoms with van der Waals surface area (Å²) in [5.74, 6) is 0.904. The Bertz CT molecular complexity index is 321. The Morgan fingerprint density at radius 1 is 1.44 bits per heavy atom. The van der Waals surface area contributed by atoms with Gasteiger partial charge in [0.1, 0.15) is 5.75 Å². The molecule has 0 aromatic heterocycles. The van der Waals surface area contributed by atoms with Gasteiger partial charge in [-0.25, -0.2) is 0 Å². The van der Waals surface area contributed by atoms with Crippen molar-refractivity contribution in [3.8, 4) is 5.75 Å². The standard InChI is InChI=1S/C13H19NO2/c14-10-11-3-1-4-13(9-11)16-8-6-12-5-2-7-15-12/h1,3-4,9,12H,2,5-8,10,14H2. The Morgan fingerprint density at radius 2 is 2.38 bits per heavy atom. The molecule has 0 amide bonds. The predicted molar refractivity (Wildman–Crippen MR) is 63.4 cm³/mol. The summed E-state index contributed by atoms with van der Waals surface area (Å²) in [5.41, 5.74) is 6.68. The first kappa shape index (κ1) is 11.4. The normalized spacial score (nSPS) is 19.9. The average Bonchev–Trinajstić information content (AvgIpc) is 2.82. The van der Waals surface area contributed by atoms with Gasteiger partial charge in [0.15, 0.2) is 0 Å². The summed E-state index contributed by atoms with van der Waals surface area (Å²) in [6.45, 7) is 2.19. The summed E-state index contributed by atoms with van der Waals surface area (Å²) in [4.78, 5) is 0. The van der Waals surface area contributed by atoms with Crippen molar-refractivity contribution in [2.24, 2.45) is 5.73 Å². The number of nitrogens with two attached hydrogens (primary N) is 1. The Labute approximate surface area is 96.5 Å². The van der Waals surface area contributed by atoms with Crippen LogP contribution in [0.5, 0.6) is 5.75 Å². The second-order valence-electron chi connectivity index (χ2n) is 4.12. The van der Waals surface area contributed by atoms with Crippen LogP contribution in [0.4, 0.5) is 0 Å². The van der Waals surface area contributed by atoms with Crippen molar-refractivity contribution in [3.05, 3.63) is 29.8 Å². The smallest absolute Gasteiger partial charge is 0.119 e. The molecular weight excluding hydrogens is 202 g/mol. The monoisotopic (exact) mass is 221 g/mol. The van der Waals surface area contributed by atoms with E-state index in [1.165, 1.54) is 12.8 Å². The molecule has 16 heavy (non-hydrogen) atoms. The second-order valence-corrected chi connectivity index (χ2v) is 4.12. The fourth-order valence-corrected chi connectivity index (χ4v) is 1.94. The number of benzene rings is 1. The zero-order valence-corrected chi connectivity index (χ0v) is 9.52. The largest absolute Gasteiger partial charge is 0.493 e. The highest BCUT2D eigenvalue weighted by atomic mass is 16.5. The molecule has 1 fully saturated rings. The minimum Gasteiger partial charge on any atom is -0.493 e. The summed E-state index contributed by atoms with van der Waals surface area (Å²) in [7, 11) is 0. The van der Waals surface area contributed by atoms with Crippen LogP contribution in [0.2, 0.25) is 0 Å². The van der Waals surface area contributed by atoms with Crippen LogP contribution in [0.25, 0.3) is 0 Å². The first-order valence-corrected chi connectivity index (χ1v) is 5.92. The molecule has 1 saturated heterocycles. The van der Waals surface area contributed by atoms with Crippen molar-refractivity contribution in [3.63, 3.8) is 0 Å². The lowest BCUT2D eigenvalue weighted by molar-refractivity contribution is 0.0903. The van der Waals surface area contributed by atoms with Gasteiger partial charge in [0.05, 0.1) is 12.7 Å². The highest BCUT2D eigenvalue weighted by Gasteiger charge is 2.14. The van der Waals surface area contributed by atoms with Crippen LogP contribution in [-0.4, -0.2) is 19.3 Å². The lowest BCUT2D eigenvalue weighted by atomic mass is 10.2. The van der Waals surface area contributed by atoms with Crippen molar-refractivity contribution in [1.82, 2.24) is 0 Å². The molecule has 0 bridgehead atoms. The molecule has 3 nitrogen and oxygen atoms in total. The summed E-state index contributed by atoms with van der Waals surface area (Å²) < 4.78 is 11.2. The highest BCUT2D eigenvalue weighted by molar-refractivity contribution is 5.28. The minimum atomic E-state index is 0.401. The quantitative estimate of drug-likeness (QED) is 0.828. The van der Waals surface area contributed by atoms with Crippen molar-refractivity contribution >= 4 is 0 Å². The maximum Gasteiger partial charge on any atom is 0.119 e. The average molecular weight is 221 g/mol. The molecule has 1 unspecified atom stereocenters. The molecule has 0 radical (unpaired) electrons. The molecule has 2 rings (SSSR count). The van der Waals surface area contributed by atoms with Gasteiger partial charge in [-0.1, -0.05) is 12.1 Å². The van der Waals surface area contributed by atoms with Crippen LogP contribution in [-0.2, 0) is 11.3 Å². The lowest BCUT2D eigenvalue weighted by Gasteiger charge is -2.11. The zero-order chi connectivity index (χ0) is 11.2. The van der Waals surface area contributed by atoms with Gasteiger partial charge >= 0.3 is 0 Å². The van der Waals surface area contributed by atoms with E-state index in [0.717, 1.165) is 30.9 Å². The predicted octanol–water partition coefficient (Wildman–Crippen LogP) is 2.09. The Balaban J connectivity index is 1.75. The van der Waals surface area contributed by atoms with Crippen molar-refractivity contribution < 1.29 is 9.47 Å². The fraction of sp³-hybridized carbons (Fsp3) is 0.538. The minimum absolute atomic E-state index is 0.401. The zero-order valence-electron chi connectivity index (χ0n) is 9.52. The van der Waals surface area contributed by atoms with E-state index in [1.807, 2.05) is 24.3 Å². The van der Waals surface area contributed by atoms with Gasteiger partial charge in [0, 0.05) is 19.6 Å². The summed E-state index contributed by atoms with van der Waals surface area (Å²) in [6, 6.07) is 7.95. The van der Waals surface area contributed by atoms with Crippen molar-refractivity contribution in [2.75, 3.05) is 13.2 Å². The van der Waals surface area contributed by atoms with E-state index in [-0.39, 0.29) is 0 Å². The highest BCUT2D eigenvalue weighted by Crippen LogP contribution is 2.17. The fourth-order valence-electron chi connectivity index (χ4n) is 1.94. The van der Waals surface area contributed by atoms with Gasteiger partial charge in [0.2, 0.25) is 0 Å². The second kappa shape index (κ2) is 5.87. The molecule has 88 valence electrons. The van der Waals surface area contributed by atoms with Gasteiger partial charge in [-0.2, -0.15) is 0 Å². The Morgan fingerprint density at radius 3 is 3.12 bits per heavy atom. The number of hydrogen-bond donors (Lipinski definition) is 1. The molecule has 0 spiro atoms. The van der Waals surface area contributed by atoms with Crippen LogP contribution >= 0.6 is 0 Å². The Hall–Kier alpha value is -1.06. The third-order valence-corrected chi connectivity index (χ3v) is 2.87. The van der Waals surface area contributed by atoms with E-state index in [4.69, 9.17) is 15.2 Å². The van der Waals surface area contributed by atoms with E-state index >= 15 is 0 Å². The first-order valence-electron chi connectivity index (χ1n) is 5.92.